The lowest BCUT2D eigenvalue weighted by molar-refractivity contribution is 1.24. The molecule has 0 saturated carbocycles. The summed E-state index contributed by atoms with van der Waals surface area (Å²) in [6.45, 7) is 4.52. The van der Waals surface area contributed by atoms with Gasteiger partial charge in [0.05, 0.1) is 11.4 Å². The van der Waals surface area contributed by atoms with Gasteiger partial charge in [-0.05, 0) is 200 Å². The highest BCUT2D eigenvalue weighted by molar-refractivity contribution is 7.26. The zero-order chi connectivity index (χ0) is 57.2. The molecule has 2 nitrogen and oxygen atoms in total. The van der Waals surface area contributed by atoms with Crippen molar-refractivity contribution >= 4 is 119 Å². The standard InChI is InChI=1S/C82H56N2S2/c1-53-47-61(35-43-75(53)83(77-23-11-7-19-69(77)65-29-27-55-15-3-5-17-59(55)49-65)67-39-31-57(32-40-67)63-37-45-81-73(51-63)71-21-9-13-25-79(71)85-81)62-36-44-76(54(2)48-62)84(78-24-12-8-20-70(78)66-30-28-56-16-4-6-18-60(56)50-66)68-41-33-58(34-42-68)64-38-46-82-74(52-64)72-22-10-14-26-80(72)86-82/h3-52H,1-2H3. The number of nitrogens with zero attached hydrogens (tertiary/aromatic N) is 2. The SMILES string of the molecule is Cc1cc(-c2ccc(N(c3ccc(-c4ccc5sc6ccccc6c5c4)cc3)c3ccccc3-c3ccc4ccccc4c3)c(C)c2)ccc1N(c1ccc(-c2ccc3sc4ccccc4c3c2)cc1)c1ccccc1-c1ccc2ccccc2c1. The fourth-order valence-electron chi connectivity index (χ4n) is 12.9. The van der Waals surface area contributed by atoms with Crippen LogP contribution in [0.25, 0.3) is 118 Å². The van der Waals surface area contributed by atoms with Gasteiger partial charge in [-0.2, -0.15) is 0 Å². The van der Waals surface area contributed by atoms with E-state index in [0.29, 0.717) is 0 Å². The highest BCUT2D eigenvalue weighted by atomic mass is 32.1. The third-order valence-corrected chi connectivity index (χ3v) is 19.6. The van der Waals surface area contributed by atoms with Crippen molar-refractivity contribution in [2.24, 2.45) is 0 Å². The van der Waals surface area contributed by atoms with E-state index in [0.717, 1.165) is 45.3 Å². The Morgan fingerprint density at radius 2 is 0.558 bits per heavy atom. The molecule has 406 valence electrons. The molecule has 0 unspecified atom stereocenters. The van der Waals surface area contributed by atoms with Gasteiger partial charge in [-0.25, -0.2) is 0 Å². The minimum atomic E-state index is 1.09. The Bertz CT molecular complexity index is 4950. The fraction of sp³-hybridized carbons (Fsp3) is 0.0244. The van der Waals surface area contributed by atoms with E-state index < -0.39 is 0 Å². The molecule has 0 radical (unpaired) electrons. The van der Waals surface area contributed by atoms with Gasteiger partial charge in [0.1, 0.15) is 0 Å². The predicted molar refractivity (Wildman–Crippen MR) is 373 cm³/mol. The summed E-state index contributed by atoms with van der Waals surface area (Å²) in [6.07, 6.45) is 0. The molecule has 0 N–H and O–H groups in total. The molecule has 0 saturated heterocycles. The molecule has 4 heteroatoms. The summed E-state index contributed by atoms with van der Waals surface area (Å²) < 4.78 is 5.27. The zero-order valence-corrected chi connectivity index (χ0v) is 49.2. The molecule has 0 spiro atoms. The first-order chi connectivity index (χ1) is 42.4. The summed E-state index contributed by atoms with van der Waals surface area (Å²) in [6, 6.07) is 112. The quantitative estimate of drug-likeness (QED) is 0.127. The van der Waals surface area contributed by atoms with Crippen molar-refractivity contribution in [3.05, 3.63) is 314 Å². The lowest BCUT2D eigenvalue weighted by Crippen LogP contribution is -2.13. The summed E-state index contributed by atoms with van der Waals surface area (Å²) >= 11 is 3.72. The summed E-state index contributed by atoms with van der Waals surface area (Å²) in [5.74, 6) is 0. The predicted octanol–water partition coefficient (Wildman–Crippen LogP) is 24.6. The van der Waals surface area contributed by atoms with E-state index >= 15 is 0 Å². The van der Waals surface area contributed by atoms with Gasteiger partial charge in [0.2, 0.25) is 0 Å². The van der Waals surface area contributed by atoms with Crippen LogP contribution < -0.4 is 9.80 Å². The van der Waals surface area contributed by atoms with Crippen molar-refractivity contribution < 1.29 is 0 Å². The molecule has 0 aliphatic rings. The Morgan fingerprint density at radius 1 is 0.221 bits per heavy atom. The molecule has 86 heavy (non-hydrogen) atoms. The van der Waals surface area contributed by atoms with Crippen LogP contribution in [0.1, 0.15) is 11.1 Å². The van der Waals surface area contributed by atoms with Crippen molar-refractivity contribution in [1.29, 1.82) is 0 Å². The van der Waals surface area contributed by atoms with Crippen LogP contribution in [-0.2, 0) is 0 Å². The molecule has 16 rings (SSSR count). The smallest absolute Gasteiger partial charge is 0.0540 e. The van der Waals surface area contributed by atoms with Crippen molar-refractivity contribution in [2.45, 2.75) is 13.8 Å². The molecule has 0 bridgehead atoms. The molecule has 0 aliphatic carbocycles. The molecular formula is C82H56N2S2. The number of thiophene rings is 2. The molecular weight excluding hydrogens is 1080 g/mol. The van der Waals surface area contributed by atoms with Crippen LogP contribution in [0.5, 0.6) is 0 Å². The summed E-state index contributed by atoms with van der Waals surface area (Å²) in [5.41, 5.74) is 20.8. The normalized spacial score (nSPS) is 11.6. The largest absolute Gasteiger partial charge is 0.310 e. The third-order valence-electron chi connectivity index (χ3n) is 17.3. The van der Waals surface area contributed by atoms with E-state index in [1.807, 2.05) is 22.7 Å². The van der Waals surface area contributed by atoms with E-state index in [-0.39, 0.29) is 0 Å². The van der Waals surface area contributed by atoms with Crippen molar-refractivity contribution in [3.8, 4) is 55.6 Å². The first-order valence-corrected chi connectivity index (χ1v) is 31.1. The van der Waals surface area contributed by atoms with Crippen LogP contribution >= 0.6 is 22.7 Å². The number of para-hydroxylation sites is 2. The second-order valence-corrected chi connectivity index (χ2v) is 24.7. The van der Waals surface area contributed by atoms with E-state index in [1.165, 1.54) is 118 Å². The topological polar surface area (TPSA) is 6.48 Å². The minimum absolute atomic E-state index is 1.09. The van der Waals surface area contributed by atoms with Gasteiger partial charge in [0.25, 0.3) is 0 Å². The van der Waals surface area contributed by atoms with E-state index in [9.17, 15) is 0 Å². The number of fused-ring (bicyclic) bond motifs is 8. The summed E-state index contributed by atoms with van der Waals surface area (Å²) in [7, 11) is 0. The summed E-state index contributed by atoms with van der Waals surface area (Å²) in [4.78, 5) is 4.91. The lowest BCUT2D eigenvalue weighted by atomic mass is 9.96. The second-order valence-electron chi connectivity index (χ2n) is 22.5. The number of hydrogen-bond donors (Lipinski definition) is 0. The molecule has 0 aliphatic heterocycles. The number of anilines is 6. The Morgan fingerprint density at radius 3 is 1.00 bits per heavy atom. The van der Waals surface area contributed by atoms with E-state index in [2.05, 4.69) is 327 Å². The first-order valence-electron chi connectivity index (χ1n) is 29.4. The van der Waals surface area contributed by atoms with Crippen molar-refractivity contribution in [2.75, 3.05) is 9.80 Å². The Kier molecular flexibility index (Phi) is 12.7. The first kappa shape index (κ1) is 51.3. The van der Waals surface area contributed by atoms with Crippen LogP contribution in [-0.4, -0.2) is 0 Å². The van der Waals surface area contributed by atoms with Crippen molar-refractivity contribution in [3.63, 3.8) is 0 Å². The van der Waals surface area contributed by atoms with Gasteiger partial charge < -0.3 is 9.80 Å². The average molecular weight is 1130 g/mol. The van der Waals surface area contributed by atoms with Gasteiger partial charge in [-0.3, -0.25) is 0 Å². The fourth-order valence-corrected chi connectivity index (χ4v) is 15.1. The minimum Gasteiger partial charge on any atom is -0.310 e. The number of hydrogen-bond acceptors (Lipinski definition) is 4. The molecule has 0 atom stereocenters. The monoisotopic (exact) mass is 1130 g/mol. The maximum absolute atomic E-state index is 2.45. The highest BCUT2D eigenvalue weighted by Gasteiger charge is 2.23. The van der Waals surface area contributed by atoms with Gasteiger partial charge in [-0.15, -0.1) is 22.7 Å². The van der Waals surface area contributed by atoms with Crippen LogP contribution in [0.3, 0.4) is 0 Å². The number of aryl methyl sites for hydroxylation is 2. The molecule has 14 aromatic carbocycles. The highest BCUT2D eigenvalue weighted by Crippen LogP contribution is 2.47. The van der Waals surface area contributed by atoms with Crippen LogP contribution in [0.15, 0.2) is 303 Å². The molecule has 0 fully saturated rings. The van der Waals surface area contributed by atoms with Crippen molar-refractivity contribution in [1.82, 2.24) is 0 Å². The molecule has 2 aromatic heterocycles. The Balaban J connectivity index is 0.783. The molecule has 2 heterocycles. The van der Waals surface area contributed by atoms with Gasteiger partial charge in [0.15, 0.2) is 0 Å². The lowest BCUT2D eigenvalue weighted by Gasteiger charge is -2.30. The Hall–Kier alpha value is -10.4. The molecule has 16 aromatic rings. The number of benzene rings is 14. The second kappa shape index (κ2) is 21.4. The maximum Gasteiger partial charge on any atom is 0.0540 e. The number of rotatable bonds is 11. The van der Waals surface area contributed by atoms with Crippen LogP contribution in [0, 0.1) is 13.8 Å². The summed E-state index contributed by atoms with van der Waals surface area (Å²) in [5, 5.41) is 10.1. The third kappa shape index (κ3) is 9.19. The van der Waals surface area contributed by atoms with Crippen LogP contribution in [0.2, 0.25) is 0 Å². The van der Waals surface area contributed by atoms with Gasteiger partial charge in [0, 0.05) is 74.2 Å². The maximum atomic E-state index is 2.45. The molecule has 0 amide bonds. The van der Waals surface area contributed by atoms with Gasteiger partial charge >= 0.3 is 0 Å². The van der Waals surface area contributed by atoms with E-state index in [1.54, 1.807) is 0 Å². The van der Waals surface area contributed by atoms with Gasteiger partial charge in [-0.1, -0.05) is 194 Å². The zero-order valence-electron chi connectivity index (χ0n) is 47.6. The Labute approximate surface area is 509 Å². The average Bonchev–Trinajstić information content (AvgIpc) is 4.04. The van der Waals surface area contributed by atoms with E-state index in [4.69, 9.17) is 0 Å². The van der Waals surface area contributed by atoms with Crippen LogP contribution in [0.4, 0.5) is 34.1 Å².